The van der Waals surface area contributed by atoms with Crippen LogP contribution in [-0.2, 0) is 4.74 Å². The van der Waals surface area contributed by atoms with Gasteiger partial charge in [-0.15, -0.1) is 0 Å². The number of rotatable bonds is 16. The van der Waals surface area contributed by atoms with Crippen LogP contribution in [0.3, 0.4) is 0 Å². The first kappa shape index (κ1) is 41.8. The van der Waals surface area contributed by atoms with E-state index in [4.69, 9.17) is 4.74 Å². The second kappa shape index (κ2) is 18.7. The average Bonchev–Trinajstić information content (AvgIpc) is 3.57. The van der Waals surface area contributed by atoms with Gasteiger partial charge in [0.1, 0.15) is 6.10 Å². The number of esters is 1. The highest BCUT2D eigenvalue weighted by Crippen LogP contribution is 2.67. The highest BCUT2D eigenvalue weighted by Gasteiger charge is 2.59. The maximum Gasteiger partial charge on any atom is 0.338 e. The molecule has 8 atom stereocenters. The molecule has 4 saturated carbocycles. The van der Waals surface area contributed by atoms with Gasteiger partial charge in [0.25, 0.3) is 0 Å². The van der Waals surface area contributed by atoms with Crippen LogP contribution in [0.1, 0.15) is 205 Å². The summed E-state index contributed by atoms with van der Waals surface area (Å²) in [6.07, 6.45) is 32.2. The third-order valence-electron chi connectivity index (χ3n) is 17.2. The van der Waals surface area contributed by atoms with Crippen molar-refractivity contribution in [2.75, 3.05) is 0 Å². The zero-order chi connectivity index (χ0) is 39.3. The molecule has 0 amide bonds. The lowest BCUT2D eigenvalue weighted by molar-refractivity contribution is -0.0594. The van der Waals surface area contributed by atoms with Crippen LogP contribution >= 0.6 is 0 Å². The first-order chi connectivity index (χ1) is 27.1. The first-order valence-corrected chi connectivity index (χ1v) is 24.2. The van der Waals surface area contributed by atoms with E-state index in [1.807, 2.05) is 12.1 Å². The van der Waals surface area contributed by atoms with Gasteiger partial charge in [-0.1, -0.05) is 154 Å². The predicted octanol–water partition coefficient (Wildman–Crippen LogP) is 15.9. The SMILES string of the molecule is CCCCCCCCC1CCC(c2ccc(-c3ccc(C(=O)O[C@H]4CC[C@@]5(C)C(=CCC6C5CC[C@@]5(C)C6CC[C@@H]5C(C)CCCC(C)C)C4)cc3)cc2)CC1. The molecular weight excluding hydrogens is 681 g/mol. The Morgan fingerprint density at radius 3 is 2.14 bits per heavy atom. The normalized spacial score (nSPS) is 33.3. The minimum absolute atomic E-state index is 0.00684. The average molecular weight is 761 g/mol. The Morgan fingerprint density at radius 2 is 1.43 bits per heavy atom. The van der Waals surface area contributed by atoms with Crippen LogP contribution < -0.4 is 0 Å². The Morgan fingerprint density at radius 1 is 0.732 bits per heavy atom. The van der Waals surface area contributed by atoms with Crippen molar-refractivity contribution >= 4 is 5.97 Å². The molecule has 0 bridgehead atoms. The van der Waals surface area contributed by atoms with Gasteiger partial charge in [-0.3, -0.25) is 0 Å². The topological polar surface area (TPSA) is 26.3 Å². The van der Waals surface area contributed by atoms with E-state index in [1.54, 1.807) is 5.57 Å². The lowest BCUT2D eigenvalue weighted by atomic mass is 9.47. The standard InChI is InChI=1S/C54H80O2/c1-7-8-9-10-11-12-16-40-17-19-41(20-18-40)42-21-23-43(24-22-42)44-25-27-45(28-26-44)52(55)56-47-33-35-53(5)46(37-47)29-30-48-50-32-31-49(39(4)15-13-14-38(2)3)54(50,6)36-34-51(48)53/h21-29,38-41,47-51H,7-20,30-37H2,1-6H3/t39?,40?,41?,47-,48?,49+,50?,51?,53-,54+/m0/s1. The number of hydrogen-bond acceptors (Lipinski definition) is 2. The Bertz CT molecular complexity index is 1580. The molecule has 0 radical (unpaired) electrons. The summed E-state index contributed by atoms with van der Waals surface area (Å²) in [5, 5.41) is 0. The third-order valence-corrected chi connectivity index (χ3v) is 17.2. The Hall–Kier alpha value is -2.35. The molecule has 5 aliphatic carbocycles. The molecule has 4 unspecified atom stereocenters. The van der Waals surface area contributed by atoms with Gasteiger partial charge in [-0.25, -0.2) is 4.79 Å². The Balaban J connectivity index is 0.883. The van der Waals surface area contributed by atoms with E-state index >= 15 is 0 Å². The molecule has 0 spiro atoms. The molecular formula is C54H80O2. The number of carbonyl (C=O) groups is 1. The highest BCUT2D eigenvalue weighted by molar-refractivity contribution is 5.90. The summed E-state index contributed by atoms with van der Waals surface area (Å²) in [7, 11) is 0. The Labute approximate surface area is 343 Å². The molecule has 0 aliphatic heterocycles. The summed E-state index contributed by atoms with van der Waals surface area (Å²) in [4.78, 5) is 13.5. The summed E-state index contributed by atoms with van der Waals surface area (Å²) in [5.41, 5.74) is 6.98. The van der Waals surface area contributed by atoms with Crippen molar-refractivity contribution in [3.8, 4) is 11.1 Å². The summed E-state index contributed by atoms with van der Waals surface area (Å²) >= 11 is 0. The van der Waals surface area contributed by atoms with Crippen molar-refractivity contribution in [2.45, 2.75) is 195 Å². The van der Waals surface area contributed by atoms with E-state index in [2.05, 4.69) is 84.0 Å². The van der Waals surface area contributed by atoms with Crippen LogP contribution in [0.25, 0.3) is 11.1 Å². The fourth-order valence-electron chi connectivity index (χ4n) is 13.7. The van der Waals surface area contributed by atoms with Gasteiger partial charge < -0.3 is 4.74 Å². The molecule has 0 saturated heterocycles. The minimum Gasteiger partial charge on any atom is -0.458 e. The van der Waals surface area contributed by atoms with Crippen molar-refractivity contribution in [3.05, 3.63) is 71.3 Å². The smallest absolute Gasteiger partial charge is 0.338 e. The number of allylic oxidation sites excluding steroid dienone is 1. The molecule has 4 fully saturated rings. The Kier molecular flexibility index (Phi) is 14.0. The molecule has 0 aromatic heterocycles. The van der Waals surface area contributed by atoms with Crippen molar-refractivity contribution < 1.29 is 9.53 Å². The van der Waals surface area contributed by atoms with Crippen molar-refractivity contribution in [2.24, 2.45) is 52.3 Å². The van der Waals surface area contributed by atoms with Crippen LogP contribution in [0.15, 0.2) is 60.2 Å². The third kappa shape index (κ3) is 9.26. The van der Waals surface area contributed by atoms with E-state index in [0.717, 1.165) is 60.7 Å². The first-order valence-electron chi connectivity index (χ1n) is 24.2. The number of carbonyl (C=O) groups excluding carboxylic acids is 1. The molecule has 2 nitrogen and oxygen atoms in total. The quantitative estimate of drug-likeness (QED) is 0.0967. The largest absolute Gasteiger partial charge is 0.458 e. The number of fused-ring (bicyclic) bond motifs is 5. The van der Waals surface area contributed by atoms with E-state index in [0.29, 0.717) is 16.9 Å². The predicted molar refractivity (Wildman–Crippen MR) is 237 cm³/mol. The molecule has 0 N–H and O–H groups in total. The van der Waals surface area contributed by atoms with Crippen molar-refractivity contribution in [1.82, 2.24) is 0 Å². The second-order valence-corrected chi connectivity index (χ2v) is 21.0. The fraction of sp³-hybridized carbons (Fsp3) is 0.722. The molecule has 308 valence electrons. The van der Waals surface area contributed by atoms with Gasteiger partial charge in [0, 0.05) is 6.42 Å². The van der Waals surface area contributed by atoms with Gasteiger partial charge in [0.05, 0.1) is 5.56 Å². The monoisotopic (exact) mass is 761 g/mol. The maximum atomic E-state index is 13.5. The highest BCUT2D eigenvalue weighted by atomic mass is 16.5. The fourth-order valence-corrected chi connectivity index (χ4v) is 13.7. The van der Waals surface area contributed by atoms with E-state index in [1.165, 1.54) is 139 Å². The van der Waals surface area contributed by atoms with Gasteiger partial charge in [0.15, 0.2) is 0 Å². The molecule has 0 heterocycles. The lowest BCUT2D eigenvalue weighted by Gasteiger charge is -2.58. The summed E-state index contributed by atoms with van der Waals surface area (Å²) in [6.45, 7) is 14.9. The van der Waals surface area contributed by atoms with Gasteiger partial charge in [0.2, 0.25) is 0 Å². The number of hydrogen-bond donors (Lipinski definition) is 0. The molecule has 5 aliphatic rings. The molecule has 2 heteroatoms. The van der Waals surface area contributed by atoms with Crippen LogP contribution in [-0.4, -0.2) is 12.1 Å². The summed E-state index contributed by atoms with van der Waals surface area (Å²) in [5.74, 6) is 6.61. The van der Waals surface area contributed by atoms with E-state index < -0.39 is 0 Å². The van der Waals surface area contributed by atoms with Gasteiger partial charge >= 0.3 is 5.97 Å². The van der Waals surface area contributed by atoms with E-state index in [-0.39, 0.29) is 17.5 Å². The van der Waals surface area contributed by atoms with Crippen LogP contribution in [0.4, 0.5) is 0 Å². The molecule has 2 aromatic rings. The number of ether oxygens (including phenoxy) is 1. The molecule has 56 heavy (non-hydrogen) atoms. The molecule has 2 aromatic carbocycles. The van der Waals surface area contributed by atoms with Crippen LogP contribution in [0, 0.1) is 52.3 Å². The summed E-state index contributed by atoms with van der Waals surface area (Å²) < 4.78 is 6.28. The minimum atomic E-state index is -0.158. The zero-order valence-electron chi connectivity index (χ0n) is 36.8. The molecule has 7 rings (SSSR count). The van der Waals surface area contributed by atoms with Gasteiger partial charge in [-0.05, 0) is 158 Å². The van der Waals surface area contributed by atoms with Crippen LogP contribution in [0.2, 0.25) is 0 Å². The summed E-state index contributed by atoms with van der Waals surface area (Å²) in [6, 6.07) is 17.5. The second-order valence-electron chi connectivity index (χ2n) is 21.0. The van der Waals surface area contributed by atoms with E-state index in [9.17, 15) is 4.79 Å². The van der Waals surface area contributed by atoms with Crippen molar-refractivity contribution in [1.29, 1.82) is 0 Å². The zero-order valence-corrected chi connectivity index (χ0v) is 36.8. The van der Waals surface area contributed by atoms with Crippen molar-refractivity contribution in [3.63, 3.8) is 0 Å². The van der Waals surface area contributed by atoms with Gasteiger partial charge in [-0.2, -0.15) is 0 Å². The number of benzene rings is 2. The van der Waals surface area contributed by atoms with Crippen LogP contribution in [0.5, 0.6) is 0 Å². The maximum absolute atomic E-state index is 13.5. The lowest BCUT2D eigenvalue weighted by Crippen LogP contribution is -2.51. The number of unbranched alkanes of at least 4 members (excludes halogenated alkanes) is 5.